The number of halogens is 4. The Kier molecular flexibility index (Phi) is 2.74. The molecule has 2 aromatic heterocycles. The lowest BCUT2D eigenvalue weighted by atomic mass is 10.0. The first-order valence-electron chi connectivity index (χ1n) is 5.75. The molecule has 1 aromatic carbocycles. The zero-order valence-corrected chi connectivity index (χ0v) is 10.0. The van der Waals surface area contributed by atoms with Gasteiger partial charge in [-0.15, -0.1) is 0 Å². The van der Waals surface area contributed by atoms with E-state index in [1.165, 1.54) is 18.5 Å². The molecule has 0 atom stereocenters. The van der Waals surface area contributed by atoms with Crippen LogP contribution in [0.5, 0.6) is 0 Å². The molecule has 0 saturated carbocycles. The van der Waals surface area contributed by atoms with Crippen LogP contribution in [0.1, 0.15) is 5.56 Å². The summed E-state index contributed by atoms with van der Waals surface area (Å²) in [5.41, 5.74) is -0.237. The summed E-state index contributed by atoms with van der Waals surface area (Å²) in [4.78, 5) is 6.74. The average Bonchev–Trinajstić information content (AvgIpc) is 2.80. The maximum atomic E-state index is 13.3. The lowest BCUT2D eigenvalue weighted by molar-refractivity contribution is -0.137. The molecule has 6 heteroatoms. The van der Waals surface area contributed by atoms with Gasteiger partial charge in [0.05, 0.1) is 5.56 Å². The average molecular weight is 280 g/mol. The van der Waals surface area contributed by atoms with Crippen molar-refractivity contribution in [2.45, 2.75) is 6.18 Å². The predicted molar refractivity (Wildman–Crippen MR) is 66.5 cm³/mol. The Morgan fingerprint density at radius 3 is 2.55 bits per heavy atom. The zero-order valence-electron chi connectivity index (χ0n) is 10.0. The third-order valence-corrected chi connectivity index (χ3v) is 3.00. The number of fused-ring (bicyclic) bond motifs is 1. The van der Waals surface area contributed by atoms with Crippen molar-refractivity contribution in [3.8, 4) is 11.3 Å². The van der Waals surface area contributed by atoms with Crippen molar-refractivity contribution >= 4 is 10.9 Å². The number of pyridine rings is 1. The van der Waals surface area contributed by atoms with Crippen molar-refractivity contribution in [3.05, 3.63) is 54.1 Å². The summed E-state index contributed by atoms with van der Waals surface area (Å²) in [6.45, 7) is 0. The van der Waals surface area contributed by atoms with Gasteiger partial charge in [0.15, 0.2) is 0 Å². The molecule has 3 aromatic rings. The van der Waals surface area contributed by atoms with Crippen molar-refractivity contribution in [2.24, 2.45) is 0 Å². The first-order chi connectivity index (χ1) is 9.45. The summed E-state index contributed by atoms with van der Waals surface area (Å²) < 4.78 is 52.2. The number of nitrogens with zero attached hydrogens (tertiary/aromatic N) is 1. The summed E-state index contributed by atoms with van der Waals surface area (Å²) in [7, 11) is 0. The largest absolute Gasteiger partial charge is 0.417 e. The number of aromatic nitrogens is 2. The quantitative estimate of drug-likeness (QED) is 0.658. The van der Waals surface area contributed by atoms with Crippen molar-refractivity contribution < 1.29 is 17.6 Å². The molecule has 0 radical (unpaired) electrons. The molecule has 0 aliphatic heterocycles. The fourth-order valence-corrected chi connectivity index (χ4v) is 2.10. The Bertz CT molecular complexity index is 741. The topological polar surface area (TPSA) is 28.7 Å². The molecule has 2 nitrogen and oxygen atoms in total. The molecule has 0 aliphatic rings. The van der Waals surface area contributed by atoms with Crippen LogP contribution in [0.3, 0.4) is 0 Å². The lowest BCUT2D eigenvalue weighted by Gasteiger charge is -2.11. The van der Waals surface area contributed by atoms with Gasteiger partial charge < -0.3 is 4.98 Å². The fourth-order valence-electron chi connectivity index (χ4n) is 2.10. The van der Waals surface area contributed by atoms with Gasteiger partial charge in [-0.2, -0.15) is 13.2 Å². The van der Waals surface area contributed by atoms with Crippen LogP contribution in [0.25, 0.3) is 22.2 Å². The first-order valence-corrected chi connectivity index (χ1v) is 5.75. The molecular weight excluding hydrogens is 272 g/mol. The number of hydrogen-bond donors (Lipinski definition) is 1. The maximum Gasteiger partial charge on any atom is 0.417 e. The van der Waals surface area contributed by atoms with Crippen LogP contribution >= 0.6 is 0 Å². The Morgan fingerprint density at radius 2 is 1.85 bits per heavy atom. The van der Waals surface area contributed by atoms with Gasteiger partial charge in [-0.25, -0.2) is 4.39 Å². The van der Waals surface area contributed by atoms with Crippen molar-refractivity contribution in [2.75, 3.05) is 0 Å². The second kappa shape index (κ2) is 4.33. The fraction of sp³-hybridized carbons (Fsp3) is 0.0714. The molecule has 0 aliphatic carbocycles. The summed E-state index contributed by atoms with van der Waals surface area (Å²) in [5.74, 6) is -0.718. The maximum absolute atomic E-state index is 13.3. The Balaban J connectivity index is 2.25. The molecule has 0 fully saturated rings. The third kappa shape index (κ3) is 2.13. The monoisotopic (exact) mass is 280 g/mol. The Hall–Kier alpha value is -2.37. The van der Waals surface area contributed by atoms with Gasteiger partial charge in [0, 0.05) is 34.6 Å². The van der Waals surface area contributed by atoms with E-state index < -0.39 is 17.6 Å². The van der Waals surface area contributed by atoms with Gasteiger partial charge in [0.25, 0.3) is 0 Å². The molecule has 2 heterocycles. The van der Waals surface area contributed by atoms with E-state index in [9.17, 15) is 17.6 Å². The van der Waals surface area contributed by atoms with Crippen LogP contribution in [0.4, 0.5) is 17.6 Å². The van der Waals surface area contributed by atoms with E-state index in [4.69, 9.17) is 0 Å². The predicted octanol–water partition coefficient (Wildman–Crippen LogP) is 4.39. The standard InChI is InChI=1S/C14H8F4N2/c15-9-1-2-11(14(16,17)18)10(6-9)13-5-8-7-19-4-3-12(8)20-13/h1-7,20H. The van der Waals surface area contributed by atoms with E-state index in [2.05, 4.69) is 9.97 Å². The molecule has 0 unspecified atom stereocenters. The molecule has 1 N–H and O–H groups in total. The SMILES string of the molecule is Fc1ccc(C(F)(F)F)c(-c2cc3cnccc3[nH]2)c1. The van der Waals surface area contributed by atoms with E-state index in [0.717, 1.165) is 18.2 Å². The molecular formula is C14H8F4N2. The highest BCUT2D eigenvalue weighted by Gasteiger charge is 2.34. The molecule has 0 saturated heterocycles. The van der Waals surface area contributed by atoms with Gasteiger partial charge >= 0.3 is 6.18 Å². The number of hydrogen-bond acceptors (Lipinski definition) is 1. The van der Waals surface area contributed by atoms with E-state index in [0.29, 0.717) is 10.9 Å². The summed E-state index contributed by atoms with van der Waals surface area (Å²) >= 11 is 0. The number of benzene rings is 1. The normalized spacial score (nSPS) is 12.0. The van der Waals surface area contributed by atoms with Crippen LogP contribution in [0.2, 0.25) is 0 Å². The minimum atomic E-state index is -4.54. The number of alkyl halides is 3. The van der Waals surface area contributed by atoms with Gasteiger partial charge in [0.1, 0.15) is 5.82 Å². The molecule has 0 bridgehead atoms. The smallest absolute Gasteiger partial charge is 0.354 e. The van der Waals surface area contributed by atoms with Crippen molar-refractivity contribution in [1.82, 2.24) is 9.97 Å². The van der Waals surface area contributed by atoms with Crippen LogP contribution in [0.15, 0.2) is 42.7 Å². The van der Waals surface area contributed by atoms with Crippen molar-refractivity contribution in [3.63, 3.8) is 0 Å². The second-order valence-electron chi connectivity index (χ2n) is 4.33. The Labute approximate surface area is 111 Å². The first kappa shape index (κ1) is 12.7. The Morgan fingerprint density at radius 1 is 1.05 bits per heavy atom. The van der Waals surface area contributed by atoms with Crippen LogP contribution in [-0.2, 0) is 6.18 Å². The van der Waals surface area contributed by atoms with Crippen LogP contribution in [0, 0.1) is 5.82 Å². The molecule has 20 heavy (non-hydrogen) atoms. The number of H-pyrrole nitrogens is 1. The van der Waals surface area contributed by atoms with E-state index in [-0.39, 0.29) is 11.3 Å². The number of nitrogens with one attached hydrogen (secondary N) is 1. The third-order valence-electron chi connectivity index (χ3n) is 3.00. The number of aromatic amines is 1. The molecule has 102 valence electrons. The second-order valence-corrected chi connectivity index (χ2v) is 4.33. The highest BCUT2D eigenvalue weighted by molar-refractivity contribution is 5.85. The lowest BCUT2D eigenvalue weighted by Crippen LogP contribution is -2.07. The minimum absolute atomic E-state index is 0.208. The molecule has 3 rings (SSSR count). The summed E-state index contributed by atoms with van der Waals surface area (Å²) in [6.07, 6.45) is -1.49. The summed E-state index contributed by atoms with van der Waals surface area (Å²) in [6, 6.07) is 5.59. The summed E-state index contributed by atoms with van der Waals surface area (Å²) in [5, 5.41) is 0.667. The van der Waals surface area contributed by atoms with Gasteiger partial charge in [-0.1, -0.05) is 0 Å². The number of rotatable bonds is 1. The van der Waals surface area contributed by atoms with Crippen molar-refractivity contribution in [1.29, 1.82) is 0 Å². The van der Waals surface area contributed by atoms with Crippen LogP contribution in [-0.4, -0.2) is 9.97 Å². The van der Waals surface area contributed by atoms with Gasteiger partial charge in [-0.05, 0) is 30.3 Å². The molecule has 0 spiro atoms. The van der Waals surface area contributed by atoms with Crippen LogP contribution < -0.4 is 0 Å². The van der Waals surface area contributed by atoms with Gasteiger partial charge in [0.2, 0.25) is 0 Å². The zero-order chi connectivity index (χ0) is 14.3. The highest BCUT2D eigenvalue weighted by atomic mass is 19.4. The van der Waals surface area contributed by atoms with E-state index in [1.54, 1.807) is 6.07 Å². The van der Waals surface area contributed by atoms with E-state index in [1.807, 2.05) is 0 Å². The van der Waals surface area contributed by atoms with E-state index >= 15 is 0 Å². The highest BCUT2D eigenvalue weighted by Crippen LogP contribution is 2.37. The van der Waals surface area contributed by atoms with Gasteiger partial charge in [-0.3, -0.25) is 4.98 Å². The minimum Gasteiger partial charge on any atom is -0.354 e. The molecule has 0 amide bonds.